The molecule has 4 heteroatoms. The van der Waals surface area contributed by atoms with Crippen LogP contribution in [0.2, 0.25) is 0 Å². The molecule has 0 amide bonds. The molecule has 1 aliphatic rings. The molecule has 4 nitrogen and oxygen atoms in total. The Hall–Kier alpha value is -0.870. The first-order valence-electron chi connectivity index (χ1n) is 5.04. The second-order valence-corrected chi connectivity index (χ2v) is 4.39. The maximum Gasteiger partial charge on any atom is 0.150 e. The maximum absolute atomic E-state index is 5.12. The summed E-state index contributed by atoms with van der Waals surface area (Å²) in [4.78, 5) is 2.42. The van der Waals surface area contributed by atoms with E-state index in [1.54, 1.807) is 6.20 Å². The summed E-state index contributed by atoms with van der Waals surface area (Å²) in [5.74, 6) is 0.944. The van der Waals surface area contributed by atoms with Crippen molar-refractivity contribution in [2.75, 3.05) is 19.6 Å². The fourth-order valence-electron chi connectivity index (χ4n) is 1.83. The standard InChI is InChI=1S/C10H17N3O/c1-10(2)8-11-5-6-13(10)7-9-3-4-12-14-9/h3-4,11H,5-8H2,1-2H3. The van der Waals surface area contributed by atoms with E-state index in [1.807, 2.05) is 6.07 Å². The van der Waals surface area contributed by atoms with E-state index in [2.05, 4.69) is 29.2 Å². The van der Waals surface area contributed by atoms with Gasteiger partial charge in [0, 0.05) is 31.2 Å². The number of rotatable bonds is 2. The molecular weight excluding hydrogens is 178 g/mol. The number of aromatic nitrogens is 1. The van der Waals surface area contributed by atoms with Gasteiger partial charge in [0.2, 0.25) is 0 Å². The van der Waals surface area contributed by atoms with Crippen molar-refractivity contribution in [3.8, 4) is 0 Å². The summed E-state index contributed by atoms with van der Waals surface area (Å²) in [6.07, 6.45) is 1.70. The highest BCUT2D eigenvalue weighted by Crippen LogP contribution is 2.18. The minimum Gasteiger partial charge on any atom is -0.360 e. The van der Waals surface area contributed by atoms with Gasteiger partial charge in [0.25, 0.3) is 0 Å². The molecule has 0 bridgehead atoms. The predicted molar refractivity (Wildman–Crippen MR) is 53.9 cm³/mol. The van der Waals surface area contributed by atoms with Crippen LogP contribution in [-0.2, 0) is 6.54 Å². The van der Waals surface area contributed by atoms with Crippen molar-refractivity contribution in [3.63, 3.8) is 0 Å². The first kappa shape index (κ1) is 9.68. The molecule has 0 atom stereocenters. The Kier molecular flexibility index (Phi) is 2.56. The SMILES string of the molecule is CC1(C)CNCCN1Cc1ccno1. The predicted octanol–water partition coefficient (Wildman–Crippen LogP) is 0.858. The Morgan fingerprint density at radius 2 is 2.50 bits per heavy atom. The number of hydrogen-bond acceptors (Lipinski definition) is 4. The highest BCUT2D eigenvalue weighted by Gasteiger charge is 2.29. The van der Waals surface area contributed by atoms with E-state index in [1.165, 1.54) is 0 Å². The summed E-state index contributed by atoms with van der Waals surface area (Å²) in [6, 6.07) is 1.93. The zero-order valence-corrected chi connectivity index (χ0v) is 8.79. The third-order valence-electron chi connectivity index (χ3n) is 2.81. The molecule has 0 aromatic carbocycles. The molecule has 1 fully saturated rings. The largest absolute Gasteiger partial charge is 0.360 e. The lowest BCUT2D eigenvalue weighted by molar-refractivity contribution is 0.0730. The van der Waals surface area contributed by atoms with Crippen LogP contribution in [0.1, 0.15) is 19.6 Å². The van der Waals surface area contributed by atoms with E-state index < -0.39 is 0 Å². The van der Waals surface area contributed by atoms with Gasteiger partial charge in [0.05, 0.1) is 12.7 Å². The highest BCUT2D eigenvalue weighted by atomic mass is 16.5. The molecule has 78 valence electrons. The first-order chi connectivity index (χ1) is 6.68. The summed E-state index contributed by atoms with van der Waals surface area (Å²) in [7, 11) is 0. The van der Waals surface area contributed by atoms with Gasteiger partial charge in [-0.1, -0.05) is 5.16 Å². The maximum atomic E-state index is 5.12. The minimum atomic E-state index is 0.199. The molecule has 2 rings (SSSR count). The van der Waals surface area contributed by atoms with Gasteiger partial charge < -0.3 is 9.84 Å². The molecule has 0 saturated carbocycles. The summed E-state index contributed by atoms with van der Waals surface area (Å²) in [5.41, 5.74) is 0.199. The van der Waals surface area contributed by atoms with Gasteiger partial charge in [0.15, 0.2) is 5.76 Å². The molecule has 1 aromatic rings. The van der Waals surface area contributed by atoms with Crippen molar-refractivity contribution in [2.24, 2.45) is 0 Å². The van der Waals surface area contributed by atoms with Gasteiger partial charge >= 0.3 is 0 Å². The molecule has 14 heavy (non-hydrogen) atoms. The third kappa shape index (κ3) is 1.96. The zero-order valence-electron chi connectivity index (χ0n) is 8.79. The van der Waals surface area contributed by atoms with Crippen molar-refractivity contribution >= 4 is 0 Å². The fourth-order valence-corrected chi connectivity index (χ4v) is 1.83. The van der Waals surface area contributed by atoms with Gasteiger partial charge in [-0.05, 0) is 13.8 Å². The van der Waals surface area contributed by atoms with Crippen molar-refractivity contribution in [1.82, 2.24) is 15.4 Å². The van der Waals surface area contributed by atoms with Crippen molar-refractivity contribution in [2.45, 2.75) is 25.9 Å². The molecule has 1 aromatic heterocycles. The Morgan fingerprint density at radius 3 is 3.14 bits per heavy atom. The average Bonchev–Trinajstić information content (AvgIpc) is 2.61. The normalized spacial score (nSPS) is 22.4. The fraction of sp³-hybridized carbons (Fsp3) is 0.700. The average molecular weight is 195 g/mol. The molecule has 1 N–H and O–H groups in total. The van der Waals surface area contributed by atoms with E-state index in [0.717, 1.165) is 31.9 Å². The van der Waals surface area contributed by atoms with Gasteiger partial charge in [-0.2, -0.15) is 0 Å². The number of nitrogens with zero attached hydrogens (tertiary/aromatic N) is 2. The van der Waals surface area contributed by atoms with Gasteiger partial charge in [0.1, 0.15) is 0 Å². The third-order valence-corrected chi connectivity index (χ3v) is 2.81. The van der Waals surface area contributed by atoms with Crippen LogP contribution >= 0.6 is 0 Å². The Bertz CT molecular complexity index is 282. The Morgan fingerprint density at radius 1 is 1.64 bits per heavy atom. The molecular formula is C10H17N3O. The lowest BCUT2D eigenvalue weighted by atomic mass is 10.00. The topological polar surface area (TPSA) is 41.3 Å². The van der Waals surface area contributed by atoms with E-state index >= 15 is 0 Å². The van der Waals surface area contributed by atoms with E-state index in [4.69, 9.17) is 4.52 Å². The van der Waals surface area contributed by atoms with Gasteiger partial charge in [-0.25, -0.2) is 0 Å². The van der Waals surface area contributed by atoms with Crippen LogP contribution in [-0.4, -0.2) is 35.2 Å². The molecule has 2 heterocycles. The van der Waals surface area contributed by atoms with Crippen LogP contribution in [0.25, 0.3) is 0 Å². The molecule has 0 radical (unpaired) electrons. The lowest BCUT2D eigenvalue weighted by Crippen LogP contribution is -2.57. The zero-order chi connectivity index (χ0) is 10.0. The minimum absolute atomic E-state index is 0.199. The van der Waals surface area contributed by atoms with E-state index in [9.17, 15) is 0 Å². The van der Waals surface area contributed by atoms with Crippen LogP contribution < -0.4 is 5.32 Å². The summed E-state index contributed by atoms with van der Waals surface area (Å²) in [6.45, 7) is 8.49. The second kappa shape index (κ2) is 3.71. The highest BCUT2D eigenvalue weighted by molar-refractivity contribution is 4.97. The van der Waals surface area contributed by atoms with Gasteiger partial charge in [-0.15, -0.1) is 0 Å². The lowest BCUT2D eigenvalue weighted by Gasteiger charge is -2.42. The number of hydrogen-bond donors (Lipinski definition) is 1. The van der Waals surface area contributed by atoms with Crippen LogP contribution in [0.4, 0.5) is 0 Å². The van der Waals surface area contributed by atoms with E-state index in [0.29, 0.717) is 0 Å². The first-order valence-corrected chi connectivity index (χ1v) is 5.04. The van der Waals surface area contributed by atoms with E-state index in [-0.39, 0.29) is 5.54 Å². The molecule has 1 saturated heterocycles. The van der Waals surface area contributed by atoms with Crippen LogP contribution in [0, 0.1) is 0 Å². The Labute approximate surface area is 84.3 Å². The van der Waals surface area contributed by atoms with Crippen LogP contribution in [0.15, 0.2) is 16.8 Å². The quantitative estimate of drug-likeness (QED) is 0.760. The van der Waals surface area contributed by atoms with Crippen molar-refractivity contribution in [3.05, 3.63) is 18.0 Å². The van der Waals surface area contributed by atoms with Crippen LogP contribution in [0.5, 0.6) is 0 Å². The van der Waals surface area contributed by atoms with Crippen molar-refractivity contribution < 1.29 is 4.52 Å². The summed E-state index contributed by atoms with van der Waals surface area (Å²) < 4.78 is 5.12. The van der Waals surface area contributed by atoms with Gasteiger partial charge in [-0.3, -0.25) is 4.90 Å². The summed E-state index contributed by atoms with van der Waals surface area (Å²) in [5, 5.41) is 7.11. The molecule has 0 aliphatic carbocycles. The van der Waals surface area contributed by atoms with Crippen LogP contribution in [0.3, 0.4) is 0 Å². The molecule has 1 aliphatic heterocycles. The molecule has 0 spiro atoms. The second-order valence-electron chi connectivity index (χ2n) is 4.39. The monoisotopic (exact) mass is 195 g/mol. The van der Waals surface area contributed by atoms with Crippen molar-refractivity contribution in [1.29, 1.82) is 0 Å². The molecule has 0 unspecified atom stereocenters. The number of piperazine rings is 1. The summed E-state index contributed by atoms with van der Waals surface area (Å²) >= 11 is 0. The smallest absolute Gasteiger partial charge is 0.150 e. The number of nitrogens with one attached hydrogen (secondary N) is 1. The Balaban J connectivity index is 2.02.